The molecule has 2 aromatic rings. The van der Waals surface area contributed by atoms with Gasteiger partial charge in [-0.1, -0.05) is 43.3 Å². The molecular weight excluding hydrogens is 566 g/mol. The highest BCUT2D eigenvalue weighted by atomic mass is 16.5. The van der Waals surface area contributed by atoms with E-state index in [1.807, 2.05) is 24.3 Å². The van der Waals surface area contributed by atoms with Crippen molar-refractivity contribution in [2.75, 3.05) is 30.5 Å². The number of hydrogen-bond acceptors (Lipinski definition) is 8. The third-order valence-corrected chi connectivity index (χ3v) is 8.42. The SMILES string of the molecule is COC(=O)CCCCN1C(=O)[C@@](O)([C@@H](C)/C=C/CC(=O)N2Cc3ccccc3C[C@H]2CO)c2cc(NC(=O)[C@H](C)O)ccc21. The van der Waals surface area contributed by atoms with Gasteiger partial charge in [0.25, 0.3) is 11.8 Å². The van der Waals surface area contributed by atoms with Crippen LogP contribution in [0.2, 0.25) is 0 Å². The Bertz CT molecular complexity index is 1420. The second-order valence-corrected chi connectivity index (χ2v) is 11.4. The summed E-state index contributed by atoms with van der Waals surface area (Å²) in [5.74, 6) is -2.48. The van der Waals surface area contributed by atoms with Crippen molar-refractivity contribution in [3.8, 4) is 0 Å². The summed E-state index contributed by atoms with van der Waals surface area (Å²) in [6.45, 7) is 3.49. The van der Waals surface area contributed by atoms with E-state index in [1.165, 1.54) is 25.0 Å². The van der Waals surface area contributed by atoms with Crippen molar-refractivity contribution in [3.05, 3.63) is 71.3 Å². The van der Waals surface area contributed by atoms with Gasteiger partial charge in [0.1, 0.15) is 6.10 Å². The number of amides is 3. The number of carbonyl (C=O) groups excluding carboxylic acids is 4. The van der Waals surface area contributed by atoms with Crippen LogP contribution in [-0.4, -0.2) is 76.3 Å². The first-order valence-corrected chi connectivity index (χ1v) is 14.9. The van der Waals surface area contributed by atoms with Crippen molar-refractivity contribution in [2.45, 2.75) is 70.2 Å². The number of carbonyl (C=O) groups is 4. The third-order valence-electron chi connectivity index (χ3n) is 8.42. The van der Waals surface area contributed by atoms with Gasteiger partial charge in [-0.3, -0.25) is 19.2 Å². The Hall–Kier alpha value is -4.06. The maximum atomic E-state index is 13.8. The van der Waals surface area contributed by atoms with E-state index in [4.69, 9.17) is 0 Å². The number of nitrogens with one attached hydrogen (secondary N) is 1. The number of unbranched alkanes of at least 4 members (excludes halogenated alkanes) is 1. The molecular formula is C33H41N3O8. The second kappa shape index (κ2) is 14.1. The predicted molar refractivity (Wildman–Crippen MR) is 163 cm³/mol. The highest BCUT2D eigenvalue weighted by molar-refractivity contribution is 6.08. The zero-order valence-corrected chi connectivity index (χ0v) is 25.4. The van der Waals surface area contributed by atoms with Crippen LogP contribution in [0.15, 0.2) is 54.6 Å². The first-order valence-electron chi connectivity index (χ1n) is 14.9. The number of benzene rings is 2. The summed E-state index contributed by atoms with van der Waals surface area (Å²) >= 11 is 0. The molecule has 0 spiro atoms. The van der Waals surface area contributed by atoms with Gasteiger partial charge < -0.3 is 35.2 Å². The van der Waals surface area contributed by atoms with Crippen LogP contribution in [0.4, 0.5) is 11.4 Å². The van der Waals surface area contributed by atoms with Gasteiger partial charge in [0.05, 0.1) is 25.4 Å². The fourth-order valence-electron chi connectivity index (χ4n) is 5.81. The van der Waals surface area contributed by atoms with Crippen molar-refractivity contribution < 1.29 is 39.2 Å². The van der Waals surface area contributed by atoms with Gasteiger partial charge >= 0.3 is 5.97 Å². The van der Waals surface area contributed by atoms with Gasteiger partial charge in [-0.2, -0.15) is 0 Å². The number of hydrogen-bond donors (Lipinski definition) is 4. The Morgan fingerprint density at radius 1 is 1.14 bits per heavy atom. The molecule has 4 atom stereocenters. The van der Waals surface area contributed by atoms with Crippen LogP contribution in [-0.2, 0) is 42.5 Å². The van der Waals surface area contributed by atoms with E-state index in [2.05, 4.69) is 10.1 Å². The molecule has 0 unspecified atom stereocenters. The van der Waals surface area contributed by atoms with Crippen molar-refractivity contribution in [3.63, 3.8) is 0 Å². The molecule has 0 aromatic heterocycles. The first-order chi connectivity index (χ1) is 21.0. The minimum Gasteiger partial charge on any atom is -0.469 e. The van der Waals surface area contributed by atoms with Gasteiger partial charge in [0, 0.05) is 43.1 Å². The highest BCUT2D eigenvalue weighted by Crippen LogP contribution is 2.46. The largest absolute Gasteiger partial charge is 0.469 e. The van der Waals surface area contributed by atoms with Crippen molar-refractivity contribution in [2.24, 2.45) is 5.92 Å². The highest BCUT2D eigenvalue weighted by Gasteiger charge is 2.52. The summed E-state index contributed by atoms with van der Waals surface area (Å²) in [5, 5.41) is 34.2. The minimum atomic E-state index is -2.00. The van der Waals surface area contributed by atoms with E-state index < -0.39 is 29.4 Å². The molecule has 0 saturated carbocycles. The first kappa shape index (κ1) is 32.8. The lowest BCUT2D eigenvalue weighted by atomic mass is 9.82. The maximum Gasteiger partial charge on any atom is 0.305 e. The molecule has 0 radical (unpaired) electrons. The van der Waals surface area contributed by atoms with E-state index in [9.17, 15) is 34.5 Å². The summed E-state index contributed by atoms with van der Waals surface area (Å²) in [4.78, 5) is 53.8. The van der Waals surface area contributed by atoms with Crippen LogP contribution in [0.5, 0.6) is 0 Å². The molecule has 4 rings (SSSR count). The van der Waals surface area contributed by atoms with Crippen LogP contribution in [0.1, 0.15) is 56.2 Å². The van der Waals surface area contributed by atoms with Crippen LogP contribution in [0.25, 0.3) is 0 Å². The monoisotopic (exact) mass is 607 g/mol. The number of methoxy groups -OCH3 is 1. The maximum absolute atomic E-state index is 13.8. The molecule has 2 aliphatic rings. The van der Waals surface area contributed by atoms with Crippen LogP contribution in [0.3, 0.4) is 0 Å². The lowest BCUT2D eigenvalue weighted by Crippen LogP contribution is -2.46. The molecule has 3 amide bonds. The van der Waals surface area contributed by atoms with Gasteiger partial charge in [-0.25, -0.2) is 0 Å². The lowest BCUT2D eigenvalue weighted by Gasteiger charge is -2.36. The van der Waals surface area contributed by atoms with E-state index in [0.29, 0.717) is 37.2 Å². The van der Waals surface area contributed by atoms with E-state index in [-0.39, 0.29) is 49.5 Å². The molecule has 0 fully saturated rings. The number of aliphatic hydroxyl groups is 3. The molecule has 0 bridgehead atoms. The van der Waals surface area contributed by atoms with Crippen molar-refractivity contribution in [1.29, 1.82) is 0 Å². The number of esters is 1. The topological polar surface area (TPSA) is 157 Å². The Morgan fingerprint density at radius 3 is 2.55 bits per heavy atom. The number of fused-ring (bicyclic) bond motifs is 2. The molecule has 2 heterocycles. The Balaban J connectivity index is 1.53. The smallest absolute Gasteiger partial charge is 0.305 e. The zero-order valence-electron chi connectivity index (χ0n) is 25.4. The lowest BCUT2D eigenvalue weighted by molar-refractivity contribution is -0.140. The third kappa shape index (κ3) is 6.85. The van der Waals surface area contributed by atoms with Gasteiger partial charge in [-0.05, 0) is 55.5 Å². The summed E-state index contributed by atoms with van der Waals surface area (Å²) in [5.41, 5.74) is 1.21. The van der Waals surface area contributed by atoms with Crippen LogP contribution >= 0.6 is 0 Å². The minimum absolute atomic E-state index is 0.0157. The van der Waals surface area contributed by atoms with Crippen LogP contribution < -0.4 is 10.2 Å². The summed E-state index contributed by atoms with van der Waals surface area (Å²) in [6.07, 6.45) is 3.76. The van der Waals surface area contributed by atoms with E-state index >= 15 is 0 Å². The molecule has 44 heavy (non-hydrogen) atoms. The number of ether oxygens (including phenoxy) is 1. The average Bonchev–Trinajstić information content (AvgIpc) is 3.23. The summed E-state index contributed by atoms with van der Waals surface area (Å²) in [6, 6.07) is 12.2. The second-order valence-electron chi connectivity index (χ2n) is 11.4. The normalized spacial score (nSPS) is 20.7. The fourth-order valence-corrected chi connectivity index (χ4v) is 5.81. The van der Waals surface area contributed by atoms with Crippen molar-refractivity contribution >= 4 is 35.1 Å². The Labute approximate surface area is 257 Å². The number of rotatable bonds is 12. The molecule has 11 heteroatoms. The van der Waals surface area contributed by atoms with Crippen molar-refractivity contribution in [1.82, 2.24) is 4.90 Å². The standard InChI is InChI=1S/C33H41N3O8/c1-21(9-8-12-29(39)36-19-24-11-5-4-10-23(24)17-26(36)20-37)33(43)27-18-25(34-31(41)22(2)38)14-15-28(27)35(32(33)42)16-7-6-13-30(40)44-3/h4-5,8-11,14-15,18,21-22,26,37-38,43H,6-7,12-13,16-17,19-20H2,1-3H3,(H,34,41)/b9-8+/t21-,22-,26-,33+/m0/s1. The predicted octanol–water partition coefficient (Wildman–Crippen LogP) is 2.41. The molecule has 2 aromatic carbocycles. The zero-order chi connectivity index (χ0) is 32.0. The number of anilines is 2. The molecule has 11 nitrogen and oxygen atoms in total. The molecule has 0 aliphatic carbocycles. The van der Waals surface area contributed by atoms with Gasteiger partial charge in [0.2, 0.25) is 5.91 Å². The molecule has 236 valence electrons. The van der Waals surface area contributed by atoms with E-state index in [1.54, 1.807) is 36.1 Å². The number of nitrogens with zero attached hydrogens (tertiary/aromatic N) is 2. The molecule has 0 saturated heterocycles. The fraction of sp³-hybridized carbons (Fsp3) is 0.455. The Kier molecular flexibility index (Phi) is 10.6. The summed E-state index contributed by atoms with van der Waals surface area (Å²) < 4.78 is 4.69. The average molecular weight is 608 g/mol. The quantitative estimate of drug-likeness (QED) is 0.163. The molecule has 2 aliphatic heterocycles. The number of aliphatic hydroxyl groups excluding tert-OH is 2. The van der Waals surface area contributed by atoms with Gasteiger partial charge in [0.15, 0.2) is 5.60 Å². The van der Waals surface area contributed by atoms with E-state index in [0.717, 1.165) is 11.1 Å². The molecule has 4 N–H and O–H groups in total. The van der Waals surface area contributed by atoms with Crippen LogP contribution in [0, 0.1) is 5.92 Å². The van der Waals surface area contributed by atoms with Gasteiger partial charge in [-0.15, -0.1) is 0 Å². The Morgan fingerprint density at radius 2 is 1.86 bits per heavy atom. The summed E-state index contributed by atoms with van der Waals surface area (Å²) in [7, 11) is 1.32.